The van der Waals surface area contributed by atoms with Gasteiger partial charge in [-0.25, -0.2) is 9.59 Å². The zero-order chi connectivity index (χ0) is 19.3. The summed E-state index contributed by atoms with van der Waals surface area (Å²) in [4.78, 5) is 21.6. The van der Waals surface area contributed by atoms with E-state index in [0.29, 0.717) is 28.9 Å². The zero-order valence-corrected chi connectivity index (χ0v) is 14.3. The first-order valence-corrected chi connectivity index (χ1v) is 7.97. The lowest BCUT2D eigenvalue weighted by atomic mass is 9.96. The van der Waals surface area contributed by atoms with Crippen LogP contribution in [0.4, 0.5) is 11.4 Å². The van der Waals surface area contributed by atoms with Crippen molar-refractivity contribution < 1.29 is 19.8 Å². The van der Waals surface area contributed by atoms with E-state index in [1.807, 2.05) is 37.3 Å². The fraction of sp³-hybridized carbons (Fsp3) is 0.100. The Morgan fingerprint density at radius 3 is 2.08 bits per heavy atom. The molecule has 0 aliphatic carbocycles. The summed E-state index contributed by atoms with van der Waals surface area (Å²) in [6.07, 6.45) is 0.623. The van der Waals surface area contributed by atoms with Crippen LogP contribution in [0.15, 0.2) is 54.6 Å². The van der Waals surface area contributed by atoms with Crippen LogP contribution in [0.1, 0.15) is 33.2 Å². The molecular formula is C20H20N2O4. The summed E-state index contributed by atoms with van der Waals surface area (Å²) in [6, 6.07) is 15.3. The first-order chi connectivity index (χ1) is 12.3. The Kier molecular flexibility index (Phi) is 5.80. The highest BCUT2D eigenvalue weighted by atomic mass is 16.4. The normalized spacial score (nSPS) is 10.0. The maximum atomic E-state index is 11.3. The van der Waals surface area contributed by atoms with E-state index in [-0.39, 0.29) is 5.56 Å². The molecule has 0 unspecified atom stereocenters. The molecule has 6 nitrogen and oxygen atoms in total. The van der Waals surface area contributed by atoms with Crippen LogP contribution >= 0.6 is 0 Å². The first kappa shape index (κ1) is 18.8. The molecule has 6 N–H and O–H groups in total. The summed E-state index contributed by atoms with van der Waals surface area (Å²) in [7, 11) is 0. The molecule has 0 aromatic heterocycles. The number of fused-ring (bicyclic) bond motifs is 1. The molecule has 0 fully saturated rings. The second-order valence-corrected chi connectivity index (χ2v) is 5.63. The van der Waals surface area contributed by atoms with Crippen LogP contribution in [0, 0.1) is 0 Å². The van der Waals surface area contributed by atoms with Crippen molar-refractivity contribution in [2.45, 2.75) is 13.3 Å². The van der Waals surface area contributed by atoms with Gasteiger partial charge in [0.1, 0.15) is 0 Å². The molecule has 0 aliphatic heterocycles. The lowest BCUT2D eigenvalue weighted by molar-refractivity contribution is 0.0686. The molecule has 3 aromatic carbocycles. The van der Waals surface area contributed by atoms with Crippen molar-refractivity contribution in [3.63, 3.8) is 0 Å². The van der Waals surface area contributed by atoms with Crippen molar-refractivity contribution in [2.75, 3.05) is 11.5 Å². The average Bonchev–Trinajstić information content (AvgIpc) is 2.61. The van der Waals surface area contributed by atoms with Gasteiger partial charge in [-0.05, 0) is 53.1 Å². The molecule has 0 amide bonds. The fourth-order valence-electron chi connectivity index (χ4n) is 2.66. The van der Waals surface area contributed by atoms with Crippen molar-refractivity contribution in [1.82, 2.24) is 0 Å². The minimum absolute atomic E-state index is 0.259. The molecule has 134 valence electrons. The molecule has 0 atom stereocenters. The summed E-state index contributed by atoms with van der Waals surface area (Å²) < 4.78 is 0. The maximum absolute atomic E-state index is 11.3. The Labute approximate surface area is 150 Å². The number of nitrogens with two attached hydrogens (primary N) is 2. The Hall–Kier alpha value is -3.54. The Bertz CT molecular complexity index is 950. The van der Waals surface area contributed by atoms with Gasteiger partial charge in [0.05, 0.1) is 11.1 Å². The molecular weight excluding hydrogens is 332 g/mol. The third-order valence-electron chi connectivity index (χ3n) is 3.92. The van der Waals surface area contributed by atoms with E-state index in [1.165, 1.54) is 12.1 Å². The predicted molar refractivity (Wildman–Crippen MR) is 103 cm³/mol. The smallest absolute Gasteiger partial charge is 0.336 e. The quantitative estimate of drug-likeness (QED) is 0.533. The number of rotatable bonds is 3. The van der Waals surface area contributed by atoms with Crippen LogP contribution in [-0.4, -0.2) is 22.2 Å². The van der Waals surface area contributed by atoms with Gasteiger partial charge in [0.25, 0.3) is 0 Å². The van der Waals surface area contributed by atoms with Crippen molar-refractivity contribution in [1.29, 1.82) is 0 Å². The predicted octanol–water partition coefficient (Wildman–Crippen LogP) is 3.65. The Balaban J connectivity index is 0.000000209. The van der Waals surface area contributed by atoms with Gasteiger partial charge in [0, 0.05) is 11.4 Å². The van der Waals surface area contributed by atoms with Gasteiger partial charge in [-0.2, -0.15) is 0 Å². The van der Waals surface area contributed by atoms with Crippen molar-refractivity contribution in [3.05, 3.63) is 71.3 Å². The third-order valence-corrected chi connectivity index (χ3v) is 3.92. The second kappa shape index (κ2) is 8.02. The third kappa shape index (κ3) is 4.10. The lowest BCUT2D eigenvalue weighted by Gasteiger charge is -2.11. The Morgan fingerprint density at radius 2 is 1.54 bits per heavy atom. The maximum Gasteiger partial charge on any atom is 0.336 e. The van der Waals surface area contributed by atoms with Crippen molar-refractivity contribution in [3.8, 4) is 0 Å². The van der Waals surface area contributed by atoms with E-state index in [2.05, 4.69) is 0 Å². The number of hydrogen-bond acceptors (Lipinski definition) is 4. The first-order valence-electron chi connectivity index (χ1n) is 7.97. The number of carbonyl (C=O) groups is 2. The van der Waals surface area contributed by atoms with Gasteiger partial charge in [-0.3, -0.25) is 0 Å². The largest absolute Gasteiger partial charge is 0.478 e. The molecule has 0 saturated heterocycles. The lowest BCUT2D eigenvalue weighted by Crippen LogP contribution is -2.06. The molecule has 26 heavy (non-hydrogen) atoms. The SMILES string of the molecule is CCc1c(N)cc2ccccc2c1C(=O)O.Nc1ccc(C(=O)O)cc1. The number of carboxylic acids is 2. The highest BCUT2D eigenvalue weighted by Crippen LogP contribution is 2.28. The highest BCUT2D eigenvalue weighted by Gasteiger charge is 2.15. The van der Waals surface area contributed by atoms with Gasteiger partial charge < -0.3 is 21.7 Å². The average molecular weight is 352 g/mol. The molecule has 0 heterocycles. The molecule has 0 saturated carbocycles. The van der Waals surface area contributed by atoms with Crippen LogP contribution in [0.25, 0.3) is 10.8 Å². The van der Waals surface area contributed by atoms with E-state index < -0.39 is 11.9 Å². The fourth-order valence-corrected chi connectivity index (χ4v) is 2.66. The standard InChI is InChI=1S/C13H13NO2.C7H7NO2/c1-2-9-11(14)7-8-5-3-4-6-10(8)12(9)13(15)16;8-6-3-1-5(2-4-6)7(9)10/h3-7H,2,14H2,1H3,(H,15,16);1-4H,8H2,(H,9,10). The summed E-state index contributed by atoms with van der Waals surface area (Å²) >= 11 is 0. The van der Waals surface area contributed by atoms with Crippen molar-refractivity contribution in [2.24, 2.45) is 0 Å². The van der Waals surface area contributed by atoms with Gasteiger partial charge in [-0.15, -0.1) is 0 Å². The van der Waals surface area contributed by atoms with Gasteiger partial charge in [0.2, 0.25) is 0 Å². The molecule has 3 aromatic rings. The molecule has 0 aliphatic rings. The number of carboxylic acid groups (broad SMARTS) is 2. The monoisotopic (exact) mass is 352 g/mol. The molecule has 0 spiro atoms. The molecule has 0 radical (unpaired) electrons. The number of benzene rings is 3. The van der Waals surface area contributed by atoms with Gasteiger partial charge in [0.15, 0.2) is 0 Å². The van der Waals surface area contributed by atoms with Gasteiger partial charge >= 0.3 is 11.9 Å². The molecule has 3 rings (SSSR count). The zero-order valence-electron chi connectivity index (χ0n) is 14.3. The van der Waals surface area contributed by atoms with Crippen LogP contribution in [0.3, 0.4) is 0 Å². The summed E-state index contributed by atoms with van der Waals surface area (Å²) in [5.41, 5.74) is 13.6. The van der Waals surface area contributed by atoms with E-state index >= 15 is 0 Å². The van der Waals surface area contributed by atoms with Crippen molar-refractivity contribution >= 4 is 34.1 Å². The highest BCUT2D eigenvalue weighted by molar-refractivity contribution is 6.07. The van der Waals surface area contributed by atoms with Gasteiger partial charge in [-0.1, -0.05) is 31.2 Å². The minimum atomic E-state index is -0.931. The van der Waals surface area contributed by atoms with Crippen LogP contribution in [0.5, 0.6) is 0 Å². The molecule has 0 bridgehead atoms. The topological polar surface area (TPSA) is 127 Å². The van der Waals surface area contributed by atoms with E-state index in [0.717, 1.165) is 10.8 Å². The summed E-state index contributed by atoms with van der Waals surface area (Å²) in [5.74, 6) is -1.85. The number of anilines is 2. The van der Waals surface area contributed by atoms with Crippen LogP contribution in [-0.2, 0) is 6.42 Å². The van der Waals surface area contributed by atoms with E-state index in [1.54, 1.807) is 12.1 Å². The Morgan fingerprint density at radius 1 is 0.923 bits per heavy atom. The second-order valence-electron chi connectivity index (χ2n) is 5.63. The number of hydrogen-bond donors (Lipinski definition) is 4. The number of nitrogen functional groups attached to an aromatic ring is 2. The number of aromatic carboxylic acids is 2. The van der Waals surface area contributed by atoms with E-state index in [9.17, 15) is 14.7 Å². The van der Waals surface area contributed by atoms with E-state index in [4.69, 9.17) is 16.6 Å². The van der Waals surface area contributed by atoms with Crippen LogP contribution in [0.2, 0.25) is 0 Å². The summed E-state index contributed by atoms with van der Waals surface area (Å²) in [5, 5.41) is 19.3. The minimum Gasteiger partial charge on any atom is -0.478 e. The summed E-state index contributed by atoms with van der Waals surface area (Å²) in [6.45, 7) is 1.91. The molecule has 6 heteroatoms. The van der Waals surface area contributed by atoms with Crippen LogP contribution < -0.4 is 11.5 Å².